The first-order valence-corrected chi connectivity index (χ1v) is 2.21. The molecule has 0 aromatic rings. The Hall–Kier alpha value is 0.210. The van der Waals surface area contributed by atoms with Gasteiger partial charge < -0.3 is 0 Å². The van der Waals surface area contributed by atoms with Gasteiger partial charge >= 0.3 is 0 Å². The third kappa shape index (κ3) is 4.21. The van der Waals surface area contributed by atoms with Crippen molar-refractivity contribution >= 4 is 12.6 Å². The van der Waals surface area contributed by atoms with Crippen LogP contribution in [0.3, 0.4) is 0 Å². The Morgan fingerprint density at radius 1 is 1.50 bits per heavy atom. The highest BCUT2D eigenvalue weighted by Gasteiger charge is 1.96. The molecule has 0 rings (SSSR count). The van der Waals surface area contributed by atoms with E-state index >= 15 is 0 Å². The molecule has 0 aliphatic rings. The zero-order valence-electron chi connectivity index (χ0n) is 3.16. The van der Waals surface area contributed by atoms with Crippen molar-refractivity contribution in [2.45, 2.75) is 12.8 Å². The van der Waals surface area contributed by atoms with Gasteiger partial charge in [0.05, 0.1) is 0 Å². The molecule has 6 heavy (non-hydrogen) atoms. The highest BCUT2D eigenvalue weighted by Crippen LogP contribution is 1.98. The summed E-state index contributed by atoms with van der Waals surface area (Å²) in [6, 6.07) is 0. The molecule has 1 radical (unpaired) electrons. The van der Waals surface area contributed by atoms with Gasteiger partial charge in [-0.25, -0.2) is 8.78 Å². The smallest absolute Gasteiger partial charge is 0.211 e. The van der Waals surface area contributed by atoms with Gasteiger partial charge in [0.2, 0.25) is 6.43 Å². The summed E-state index contributed by atoms with van der Waals surface area (Å²) < 4.78 is 21.9. The molecule has 0 aliphatic carbocycles. The van der Waals surface area contributed by atoms with Crippen LogP contribution in [0.25, 0.3) is 0 Å². The van der Waals surface area contributed by atoms with Crippen molar-refractivity contribution in [3.63, 3.8) is 0 Å². The molecule has 0 nitrogen and oxygen atoms in total. The summed E-state index contributed by atoms with van der Waals surface area (Å²) in [5, 5.41) is 0. The van der Waals surface area contributed by atoms with Gasteiger partial charge in [-0.3, -0.25) is 0 Å². The molecule has 0 fully saturated rings. The van der Waals surface area contributed by atoms with Crippen molar-refractivity contribution in [3.05, 3.63) is 0 Å². The van der Waals surface area contributed by atoms with Crippen LogP contribution in [0.2, 0.25) is 0 Å². The summed E-state index contributed by atoms with van der Waals surface area (Å²) in [7, 11) is 0. The van der Waals surface area contributed by atoms with E-state index in [9.17, 15) is 8.78 Å². The maximum atomic E-state index is 11.0. The van der Waals surface area contributed by atoms with Crippen LogP contribution < -0.4 is 0 Å². The lowest BCUT2D eigenvalue weighted by atomic mass is 10.5. The fraction of sp³-hybridized carbons (Fsp3) is 1.00. The number of alkyl halides is 2. The minimum Gasteiger partial charge on any atom is -0.211 e. The summed E-state index contributed by atoms with van der Waals surface area (Å²) in [5.41, 5.74) is 0. The van der Waals surface area contributed by atoms with Gasteiger partial charge in [-0.2, -0.15) is 0 Å². The fourth-order valence-corrected chi connectivity index (χ4v) is 0.267. The lowest BCUT2D eigenvalue weighted by Crippen LogP contribution is -1.88. The average molecular weight is 111 g/mol. The Morgan fingerprint density at radius 2 is 2.00 bits per heavy atom. The van der Waals surface area contributed by atoms with Gasteiger partial charge in [-0.15, -0.1) is 0 Å². The summed E-state index contributed by atoms with van der Waals surface area (Å²) in [6.07, 6.45) is -2.35. The van der Waals surface area contributed by atoms with E-state index in [1.165, 1.54) is 0 Å². The molecule has 0 aliphatic heterocycles. The lowest BCUT2D eigenvalue weighted by Gasteiger charge is -1.86. The van der Waals surface area contributed by atoms with Gasteiger partial charge in [0.15, 0.2) is 0 Å². The van der Waals surface area contributed by atoms with E-state index in [0.29, 0.717) is 0 Å². The average Bonchev–Trinajstić information content (AvgIpc) is 1.35. The minimum atomic E-state index is -2.21. The largest absolute Gasteiger partial charge is 0.239 e. The lowest BCUT2D eigenvalue weighted by molar-refractivity contribution is 0.145. The quantitative estimate of drug-likeness (QED) is 0.510. The number of hydrogen-bond donors (Lipinski definition) is 0. The van der Waals surface area contributed by atoms with E-state index < -0.39 is 6.43 Å². The second-order valence-corrected chi connectivity index (χ2v) is 1.29. The zero-order chi connectivity index (χ0) is 4.99. The van der Waals surface area contributed by atoms with Gasteiger partial charge in [0.25, 0.3) is 0 Å². The first-order chi connectivity index (χ1) is 2.77. The molecule has 3 heteroatoms. The molecule has 0 spiro atoms. The molecule has 0 N–H and O–H groups in total. The molecular weight excluding hydrogens is 106 g/mol. The predicted octanol–water partition coefficient (Wildman–Crippen LogP) is 1.84. The van der Waals surface area contributed by atoms with Crippen molar-refractivity contribution in [1.82, 2.24) is 0 Å². The Balaban J connectivity index is 2.63. The molecule has 0 heterocycles. The molecular formula is C3H5F2S. The normalized spacial score (nSPS) is 10.0. The minimum absolute atomic E-state index is 0.144. The molecule has 0 saturated carbocycles. The maximum absolute atomic E-state index is 11.0. The summed E-state index contributed by atoms with van der Waals surface area (Å²) in [4.78, 5) is 0. The second kappa shape index (κ2) is 3.40. The molecule has 0 aromatic heterocycles. The molecule has 0 amide bonds. The van der Waals surface area contributed by atoms with Gasteiger partial charge in [-0.1, -0.05) is 12.6 Å². The first-order valence-electron chi connectivity index (χ1n) is 1.63. The van der Waals surface area contributed by atoms with Crippen molar-refractivity contribution < 1.29 is 8.78 Å². The van der Waals surface area contributed by atoms with Crippen LogP contribution in [0.1, 0.15) is 6.42 Å². The van der Waals surface area contributed by atoms with Crippen molar-refractivity contribution in [2.75, 3.05) is 5.75 Å². The van der Waals surface area contributed by atoms with Crippen LogP contribution in [0.5, 0.6) is 0 Å². The first kappa shape index (κ1) is 6.21. The zero-order valence-corrected chi connectivity index (χ0v) is 3.97. The van der Waals surface area contributed by atoms with E-state index in [1.807, 2.05) is 0 Å². The Morgan fingerprint density at radius 3 is 2.00 bits per heavy atom. The standard InChI is InChI=1S/C3H5F2S/c4-3(5)1-2-6/h3H,1-2H2. The van der Waals surface area contributed by atoms with E-state index in [1.54, 1.807) is 0 Å². The SMILES string of the molecule is FC(F)CC[S]. The summed E-state index contributed by atoms with van der Waals surface area (Å²) in [5.74, 6) is 0.164. The molecule has 0 aromatic carbocycles. The van der Waals surface area contributed by atoms with Crippen molar-refractivity contribution in [2.24, 2.45) is 0 Å². The molecule has 0 bridgehead atoms. The van der Waals surface area contributed by atoms with Crippen LogP contribution in [-0.4, -0.2) is 12.2 Å². The van der Waals surface area contributed by atoms with Gasteiger partial charge in [0.1, 0.15) is 0 Å². The van der Waals surface area contributed by atoms with E-state index in [4.69, 9.17) is 0 Å². The Kier molecular flexibility index (Phi) is 3.52. The molecule has 0 unspecified atom stereocenters. The maximum Gasteiger partial charge on any atom is 0.239 e. The summed E-state index contributed by atoms with van der Waals surface area (Å²) >= 11 is 4.25. The van der Waals surface area contributed by atoms with Crippen molar-refractivity contribution in [1.29, 1.82) is 0 Å². The Labute approximate surface area is 41.0 Å². The highest BCUT2D eigenvalue weighted by molar-refractivity contribution is 7.80. The third-order valence-electron chi connectivity index (χ3n) is 0.336. The van der Waals surface area contributed by atoms with Crippen LogP contribution >= 0.6 is 12.6 Å². The molecule has 0 atom stereocenters. The predicted molar refractivity (Wildman–Crippen MR) is 23.1 cm³/mol. The van der Waals surface area contributed by atoms with E-state index in [2.05, 4.69) is 12.6 Å². The van der Waals surface area contributed by atoms with Crippen molar-refractivity contribution in [3.8, 4) is 0 Å². The fourth-order valence-electron chi connectivity index (χ4n) is 0.0891. The van der Waals surface area contributed by atoms with E-state index in [-0.39, 0.29) is 12.2 Å². The monoisotopic (exact) mass is 111 g/mol. The second-order valence-electron chi connectivity index (χ2n) is 0.884. The van der Waals surface area contributed by atoms with E-state index in [0.717, 1.165) is 0 Å². The summed E-state index contributed by atoms with van der Waals surface area (Å²) in [6.45, 7) is 0. The highest BCUT2D eigenvalue weighted by atomic mass is 32.1. The van der Waals surface area contributed by atoms with Crippen LogP contribution in [0.15, 0.2) is 0 Å². The van der Waals surface area contributed by atoms with Gasteiger partial charge in [-0.05, 0) is 0 Å². The Bertz CT molecular complexity index is 30.0. The molecule has 37 valence electrons. The van der Waals surface area contributed by atoms with Crippen LogP contribution in [0.4, 0.5) is 8.78 Å². The number of halogens is 2. The number of hydrogen-bond acceptors (Lipinski definition) is 0. The third-order valence-corrected chi connectivity index (χ3v) is 0.572. The van der Waals surface area contributed by atoms with Gasteiger partial charge in [0, 0.05) is 12.2 Å². The topological polar surface area (TPSA) is 0 Å². The van der Waals surface area contributed by atoms with Crippen LogP contribution in [-0.2, 0) is 0 Å². The number of rotatable bonds is 2. The molecule has 0 saturated heterocycles. The van der Waals surface area contributed by atoms with Crippen LogP contribution in [0, 0.1) is 0 Å².